The van der Waals surface area contributed by atoms with E-state index in [0.29, 0.717) is 16.2 Å². The molecule has 0 aliphatic carbocycles. The van der Waals surface area contributed by atoms with Gasteiger partial charge in [-0.05, 0) is 8.20 Å². The van der Waals surface area contributed by atoms with E-state index in [4.69, 9.17) is 13.0 Å². The van der Waals surface area contributed by atoms with Gasteiger partial charge in [0.25, 0.3) is 10.5 Å². The molecule has 2 heterocycles. The van der Waals surface area contributed by atoms with E-state index < -0.39 is 17.5 Å². The summed E-state index contributed by atoms with van der Waals surface area (Å²) in [4.78, 5) is 0. The maximum absolute atomic E-state index is 10.1. The van der Waals surface area contributed by atoms with Crippen LogP contribution in [-0.2, 0) is 10.5 Å². The molecule has 2 rings (SSSR count). The Balaban J connectivity index is 0.000000463. The van der Waals surface area contributed by atoms with Crippen molar-refractivity contribution in [1.82, 2.24) is 0 Å². The first-order valence-corrected chi connectivity index (χ1v) is 13.3. The Bertz CT molecular complexity index is 641. The third kappa shape index (κ3) is 5.05. The molecule has 0 aromatic heterocycles. The van der Waals surface area contributed by atoms with Crippen molar-refractivity contribution in [1.29, 1.82) is 0 Å². The molecule has 2 atom stereocenters. The van der Waals surface area contributed by atoms with Gasteiger partial charge in [-0.3, -0.25) is 0 Å². The van der Waals surface area contributed by atoms with Gasteiger partial charge in [-0.15, -0.1) is 3.89 Å². The maximum Gasteiger partial charge on any atom is 0.255 e. The first-order chi connectivity index (χ1) is 9.81. The molecule has 0 aromatic carbocycles. The summed E-state index contributed by atoms with van der Waals surface area (Å²) in [7, 11) is -2.01. The fraction of sp³-hybridized carbons (Fsp3) is 0.867. The average molecular weight is 400 g/mol. The molecule has 0 bridgehead atoms. The van der Waals surface area contributed by atoms with Crippen LogP contribution in [0.5, 0.6) is 0 Å². The van der Waals surface area contributed by atoms with Crippen molar-refractivity contribution < 1.29 is 16.9 Å². The van der Waals surface area contributed by atoms with Crippen LogP contribution in [0.3, 0.4) is 0 Å². The zero-order valence-corrected chi connectivity index (χ0v) is 18.9. The molecule has 3 nitrogen and oxygen atoms in total. The Labute approximate surface area is 144 Å². The second-order valence-corrected chi connectivity index (χ2v) is 18.2. The van der Waals surface area contributed by atoms with Gasteiger partial charge < -0.3 is 4.55 Å². The van der Waals surface area contributed by atoms with Gasteiger partial charge in [-0.2, -0.15) is 0 Å². The van der Waals surface area contributed by atoms with Gasteiger partial charge in [-0.1, -0.05) is 62.3 Å². The minimum absolute atomic E-state index is 0.414. The molecule has 0 aromatic rings. The molecule has 0 amide bonds. The molecule has 2 aliphatic heterocycles. The molecule has 1 spiro atoms. The lowest BCUT2D eigenvalue weighted by Gasteiger charge is -2.42. The molecule has 0 saturated heterocycles. The highest BCUT2D eigenvalue weighted by molar-refractivity contribution is 8.67. The monoisotopic (exact) mass is 400 g/mol. The minimum atomic E-state index is -5.42. The Kier molecular flexibility index (Phi) is 5.74. The zero-order chi connectivity index (χ0) is 18.6. The topological polar surface area (TPSA) is 57.2 Å². The Hall–Kier alpha value is 0.610. The lowest BCUT2D eigenvalue weighted by molar-refractivity contribution is 0.417. The summed E-state index contributed by atoms with van der Waals surface area (Å²) in [5, 5.41) is 4.75. The Morgan fingerprint density at radius 1 is 0.957 bits per heavy atom. The van der Waals surface area contributed by atoms with Crippen LogP contribution in [0.4, 0.5) is 3.89 Å². The van der Waals surface area contributed by atoms with Crippen LogP contribution in [0.1, 0.15) is 62.3 Å². The van der Waals surface area contributed by atoms with Crippen LogP contribution in [0.15, 0.2) is 0 Å². The predicted molar refractivity (Wildman–Crippen MR) is 104 cm³/mol. The van der Waals surface area contributed by atoms with Crippen LogP contribution in [0, 0.1) is 16.2 Å². The zero-order valence-electron chi connectivity index (χ0n) is 15.4. The van der Waals surface area contributed by atoms with E-state index in [1.54, 1.807) is 16.1 Å². The van der Waals surface area contributed by atoms with E-state index >= 15 is 0 Å². The normalized spacial score (nSPS) is 28.9. The third-order valence-electron chi connectivity index (χ3n) is 3.57. The fourth-order valence-electron chi connectivity index (χ4n) is 2.91. The molecule has 0 saturated carbocycles. The Morgan fingerprint density at radius 2 is 1.30 bits per heavy atom. The van der Waals surface area contributed by atoms with E-state index in [2.05, 4.69) is 62.3 Å². The predicted octanol–water partition coefficient (Wildman–Crippen LogP) is 5.98. The third-order valence-corrected chi connectivity index (χ3v) is 18.2. The molecular weight excluding hydrogens is 372 g/mol. The van der Waals surface area contributed by atoms with Crippen molar-refractivity contribution in [2.75, 3.05) is 0 Å². The summed E-state index contributed by atoms with van der Waals surface area (Å²) in [6.07, 6.45) is 0. The van der Waals surface area contributed by atoms with Crippen molar-refractivity contribution in [2.45, 2.75) is 67.7 Å². The minimum Gasteiger partial charge on any atom is -0.722 e. The van der Waals surface area contributed by atoms with E-state index in [9.17, 15) is 3.89 Å². The maximum atomic E-state index is 10.1. The molecule has 2 unspecified atom stereocenters. The molecule has 0 fully saturated rings. The second-order valence-electron chi connectivity index (χ2n) is 9.19. The van der Waals surface area contributed by atoms with Crippen LogP contribution in [0.25, 0.3) is 0 Å². The quantitative estimate of drug-likeness (QED) is 0.286. The molecule has 23 heavy (non-hydrogen) atoms. The molecule has 8 heteroatoms. The van der Waals surface area contributed by atoms with Gasteiger partial charge in [-0.25, -0.2) is 8.42 Å². The lowest BCUT2D eigenvalue weighted by Crippen LogP contribution is -2.38. The SMILES string of the molecule is CC(C)(C)C1=PC(C(C)(C)C)[P+]12P=C2C(C)(C)C.O=S(=O)([O-])F. The van der Waals surface area contributed by atoms with E-state index in [1.165, 1.54) is 0 Å². The molecular formula is C15H28FO3P3S. The summed E-state index contributed by atoms with van der Waals surface area (Å²) >= 11 is 0. The number of halogens is 1. The van der Waals surface area contributed by atoms with Crippen LogP contribution < -0.4 is 0 Å². The summed E-state index contributed by atoms with van der Waals surface area (Å²) in [5.74, 6) is 0. The van der Waals surface area contributed by atoms with Crippen molar-refractivity contribution >= 4 is 43.6 Å². The van der Waals surface area contributed by atoms with Crippen molar-refractivity contribution in [3.8, 4) is 0 Å². The highest BCUT2D eigenvalue weighted by Crippen LogP contribution is 3.01. The summed E-state index contributed by atoms with van der Waals surface area (Å²) in [6.45, 7) is 21.0. The first kappa shape index (κ1) is 21.7. The molecule has 134 valence electrons. The van der Waals surface area contributed by atoms with Crippen molar-refractivity contribution in [3.63, 3.8) is 0 Å². The van der Waals surface area contributed by atoms with Crippen LogP contribution in [-0.4, -0.2) is 28.4 Å². The van der Waals surface area contributed by atoms with Gasteiger partial charge in [0.05, 0.1) is 0 Å². The van der Waals surface area contributed by atoms with Gasteiger partial charge >= 0.3 is 0 Å². The van der Waals surface area contributed by atoms with Crippen LogP contribution in [0.2, 0.25) is 0 Å². The van der Waals surface area contributed by atoms with E-state index in [0.717, 1.165) is 5.40 Å². The first-order valence-electron chi connectivity index (χ1n) is 7.55. The highest BCUT2D eigenvalue weighted by atomic mass is 32.3. The smallest absolute Gasteiger partial charge is 0.255 e. The Morgan fingerprint density at radius 3 is 1.52 bits per heavy atom. The van der Waals surface area contributed by atoms with Gasteiger partial charge in [0.15, 0.2) is 5.03 Å². The fourth-order valence-corrected chi connectivity index (χ4v) is 20.0. The number of hydrogen-bond donors (Lipinski definition) is 0. The van der Waals surface area contributed by atoms with Gasteiger partial charge in [0.1, 0.15) is 25.3 Å². The van der Waals surface area contributed by atoms with Crippen molar-refractivity contribution in [2.24, 2.45) is 16.2 Å². The summed E-state index contributed by atoms with van der Waals surface area (Å²) < 4.78 is 35.3. The van der Waals surface area contributed by atoms with Crippen LogP contribution >= 0.6 is 23.0 Å². The summed E-state index contributed by atoms with van der Waals surface area (Å²) in [5.41, 5.74) is 1.31. The number of rotatable bonds is 0. The molecule has 2 aliphatic rings. The highest BCUT2D eigenvalue weighted by Gasteiger charge is 2.76. The number of hydrogen-bond acceptors (Lipinski definition) is 3. The average Bonchev–Trinajstić information content (AvgIpc) is 2.82. The molecule has 0 radical (unpaired) electrons. The molecule has 0 N–H and O–H groups in total. The summed E-state index contributed by atoms with van der Waals surface area (Å²) in [6, 6.07) is 0. The van der Waals surface area contributed by atoms with Gasteiger partial charge in [0.2, 0.25) is 0 Å². The van der Waals surface area contributed by atoms with Crippen molar-refractivity contribution in [3.05, 3.63) is 0 Å². The largest absolute Gasteiger partial charge is 0.722 e. The lowest BCUT2D eigenvalue weighted by atomic mass is 9.99. The van der Waals surface area contributed by atoms with Gasteiger partial charge in [0, 0.05) is 16.2 Å². The van der Waals surface area contributed by atoms with E-state index in [-0.39, 0.29) is 0 Å². The second kappa shape index (κ2) is 6.10. The van der Waals surface area contributed by atoms with E-state index in [1.807, 2.05) is 10.1 Å². The standard InChI is InChI=1S/C15H28P3.FHO3S/c1-13(2,3)10-16-11(14(4,5)6)18(10)12(17-18)15(7,8)9;1-5(2,3)4/h10H,1-9H3;(H,2,3,4)/q+1;/p-1.